The molecule has 0 aliphatic rings. The molecule has 1 aromatic heterocycles. The Hall–Kier alpha value is -2.35. The maximum Gasteiger partial charge on any atom is 0.257 e. The molecule has 0 radical (unpaired) electrons. The summed E-state index contributed by atoms with van der Waals surface area (Å²) in [6, 6.07) is 2.23. The number of amides is 2. The number of halogens is 2. The van der Waals surface area contributed by atoms with E-state index >= 15 is 0 Å². The summed E-state index contributed by atoms with van der Waals surface area (Å²) < 4.78 is 27.4. The number of thiazole rings is 1. The Bertz CT molecular complexity index is 757. The SMILES string of the molecule is Cc1csc(CNC(=O)C(NC(=O)c2c(F)cccc2F)C(C)C)n1. The normalized spacial score (nSPS) is 12.1. The van der Waals surface area contributed by atoms with Crippen LogP contribution in [0.15, 0.2) is 23.6 Å². The Morgan fingerprint density at radius 3 is 2.40 bits per heavy atom. The number of nitrogens with zero attached hydrogens (tertiary/aromatic N) is 1. The summed E-state index contributed by atoms with van der Waals surface area (Å²) >= 11 is 1.41. The molecule has 2 rings (SSSR count). The van der Waals surface area contributed by atoms with Crippen molar-refractivity contribution in [3.63, 3.8) is 0 Å². The molecule has 0 fully saturated rings. The first-order valence-corrected chi connectivity index (χ1v) is 8.61. The van der Waals surface area contributed by atoms with Crippen LogP contribution in [0.3, 0.4) is 0 Å². The van der Waals surface area contributed by atoms with E-state index in [1.54, 1.807) is 13.8 Å². The largest absolute Gasteiger partial charge is 0.348 e. The number of hydrogen-bond donors (Lipinski definition) is 2. The minimum Gasteiger partial charge on any atom is -0.348 e. The van der Waals surface area contributed by atoms with Crippen molar-refractivity contribution in [2.45, 2.75) is 33.4 Å². The van der Waals surface area contributed by atoms with E-state index in [0.717, 1.165) is 22.8 Å². The zero-order valence-electron chi connectivity index (χ0n) is 14.1. The van der Waals surface area contributed by atoms with E-state index < -0.39 is 35.1 Å². The highest BCUT2D eigenvalue weighted by Gasteiger charge is 2.27. The number of hydrogen-bond acceptors (Lipinski definition) is 4. The molecule has 0 bridgehead atoms. The average Bonchev–Trinajstić information content (AvgIpc) is 2.95. The van der Waals surface area contributed by atoms with Gasteiger partial charge in [-0.15, -0.1) is 11.3 Å². The van der Waals surface area contributed by atoms with Gasteiger partial charge >= 0.3 is 0 Å². The maximum atomic E-state index is 13.7. The molecule has 0 spiro atoms. The Morgan fingerprint density at radius 2 is 1.88 bits per heavy atom. The molecule has 25 heavy (non-hydrogen) atoms. The van der Waals surface area contributed by atoms with Crippen LogP contribution in [0.25, 0.3) is 0 Å². The molecular formula is C17H19F2N3O2S. The molecule has 0 saturated carbocycles. The lowest BCUT2D eigenvalue weighted by molar-refractivity contribution is -0.124. The second kappa shape index (κ2) is 8.15. The fourth-order valence-electron chi connectivity index (χ4n) is 2.22. The van der Waals surface area contributed by atoms with Crippen LogP contribution in [0, 0.1) is 24.5 Å². The summed E-state index contributed by atoms with van der Waals surface area (Å²) in [7, 11) is 0. The van der Waals surface area contributed by atoms with E-state index in [9.17, 15) is 18.4 Å². The third-order valence-corrected chi connectivity index (χ3v) is 4.47. The van der Waals surface area contributed by atoms with Crippen molar-refractivity contribution in [3.8, 4) is 0 Å². The van der Waals surface area contributed by atoms with Crippen LogP contribution in [-0.2, 0) is 11.3 Å². The molecule has 2 N–H and O–H groups in total. The van der Waals surface area contributed by atoms with Crippen LogP contribution in [0.5, 0.6) is 0 Å². The topological polar surface area (TPSA) is 71.1 Å². The number of rotatable bonds is 6. The molecule has 1 aromatic carbocycles. The van der Waals surface area contributed by atoms with Gasteiger partial charge in [-0.25, -0.2) is 13.8 Å². The molecular weight excluding hydrogens is 348 g/mol. The van der Waals surface area contributed by atoms with E-state index in [1.165, 1.54) is 17.4 Å². The van der Waals surface area contributed by atoms with Crippen molar-refractivity contribution in [2.75, 3.05) is 0 Å². The highest BCUT2D eigenvalue weighted by Crippen LogP contribution is 2.13. The van der Waals surface area contributed by atoms with Gasteiger partial charge in [0.15, 0.2) is 0 Å². The lowest BCUT2D eigenvalue weighted by Crippen LogP contribution is -2.49. The number of aromatic nitrogens is 1. The van der Waals surface area contributed by atoms with Gasteiger partial charge in [0, 0.05) is 11.1 Å². The van der Waals surface area contributed by atoms with Crippen molar-refractivity contribution in [1.82, 2.24) is 15.6 Å². The second-order valence-electron chi connectivity index (χ2n) is 5.89. The third kappa shape index (κ3) is 4.82. The summed E-state index contributed by atoms with van der Waals surface area (Å²) in [6.07, 6.45) is 0. The van der Waals surface area contributed by atoms with E-state index in [4.69, 9.17) is 0 Å². The molecule has 2 amide bonds. The summed E-state index contributed by atoms with van der Waals surface area (Å²) in [6.45, 7) is 5.54. The highest BCUT2D eigenvalue weighted by molar-refractivity contribution is 7.09. The van der Waals surface area contributed by atoms with Gasteiger partial charge in [0.05, 0.1) is 6.54 Å². The summed E-state index contributed by atoms with van der Waals surface area (Å²) in [4.78, 5) is 28.8. The van der Waals surface area contributed by atoms with Crippen molar-refractivity contribution in [3.05, 3.63) is 51.5 Å². The van der Waals surface area contributed by atoms with Crippen LogP contribution >= 0.6 is 11.3 Å². The molecule has 1 unspecified atom stereocenters. The lowest BCUT2D eigenvalue weighted by atomic mass is 10.0. The van der Waals surface area contributed by atoms with Gasteiger partial charge in [0.1, 0.15) is 28.2 Å². The number of benzene rings is 1. The molecule has 0 aliphatic carbocycles. The van der Waals surface area contributed by atoms with Gasteiger partial charge in [0.25, 0.3) is 5.91 Å². The number of aryl methyl sites for hydroxylation is 1. The van der Waals surface area contributed by atoms with Gasteiger partial charge in [0.2, 0.25) is 5.91 Å². The van der Waals surface area contributed by atoms with Gasteiger partial charge in [-0.3, -0.25) is 9.59 Å². The van der Waals surface area contributed by atoms with Crippen molar-refractivity contribution >= 4 is 23.2 Å². The first-order valence-electron chi connectivity index (χ1n) is 7.73. The molecule has 0 saturated heterocycles. The Balaban J connectivity index is 2.07. The van der Waals surface area contributed by atoms with Crippen LogP contribution in [0.2, 0.25) is 0 Å². The fourth-order valence-corrected chi connectivity index (χ4v) is 2.93. The first kappa shape index (κ1) is 19.0. The Morgan fingerprint density at radius 1 is 1.24 bits per heavy atom. The van der Waals surface area contributed by atoms with E-state index in [-0.39, 0.29) is 12.5 Å². The zero-order chi connectivity index (χ0) is 18.6. The van der Waals surface area contributed by atoms with Crippen LogP contribution in [-0.4, -0.2) is 22.8 Å². The number of carbonyl (C=O) groups is 2. The Labute approximate surface area is 148 Å². The maximum absolute atomic E-state index is 13.7. The van der Waals surface area contributed by atoms with Crippen LogP contribution in [0.1, 0.15) is 34.9 Å². The standard InChI is InChI=1S/C17H19F2N3O2S/c1-9(2)15(17(24)20-7-13-21-10(3)8-25-13)22-16(23)14-11(18)5-4-6-12(14)19/h4-6,8-9,15H,7H2,1-3H3,(H,20,24)(H,22,23). The summed E-state index contributed by atoms with van der Waals surface area (Å²) in [5.74, 6) is -3.61. The summed E-state index contributed by atoms with van der Waals surface area (Å²) in [5, 5.41) is 7.70. The Kier molecular flexibility index (Phi) is 6.19. The van der Waals surface area contributed by atoms with Gasteiger partial charge in [-0.05, 0) is 25.0 Å². The van der Waals surface area contributed by atoms with Gasteiger partial charge < -0.3 is 10.6 Å². The quantitative estimate of drug-likeness (QED) is 0.825. The zero-order valence-corrected chi connectivity index (χ0v) is 14.9. The van der Waals surface area contributed by atoms with Crippen LogP contribution < -0.4 is 10.6 Å². The minimum absolute atomic E-state index is 0.227. The minimum atomic E-state index is -0.973. The molecule has 2 aromatic rings. The second-order valence-corrected chi connectivity index (χ2v) is 6.83. The monoisotopic (exact) mass is 367 g/mol. The van der Waals surface area contributed by atoms with E-state index in [1.807, 2.05) is 12.3 Å². The van der Waals surface area contributed by atoms with Crippen molar-refractivity contribution in [2.24, 2.45) is 5.92 Å². The molecule has 8 heteroatoms. The molecule has 134 valence electrons. The van der Waals surface area contributed by atoms with Crippen LogP contribution in [0.4, 0.5) is 8.78 Å². The first-order chi connectivity index (χ1) is 11.8. The summed E-state index contributed by atoms with van der Waals surface area (Å²) in [5.41, 5.74) is 0.162. The molecule has 1 atom stereocenters. The van der Waals surface area contributed by atoms with E-state index in [2.05, 4.69) is 15.6 Å². The average molecular weight is 367 g/mol. The smallest absolute Gasteiger partial charge is 0.257 e. The van der Waals surface area contributed by atoms with Crippen molar-refractivity contribution < 1.29 is 18.4 Å². The van der Waals surface area contributed by atoms with E-state index in [0.29, 0.717) is 0 Å². The lowest BCUT2D eigenvalue weighted by Gasteiger charge is -2.21. The number of nitrogens with one attached hydrogen (secondary N) is 2. The van der Waals surface area contributed by atoms with Gasteiger partial charge in [-0.2, -0.15) is 0 Å². The predicted octanol–water partition coefficient (Wildman–Crippen LogP) is 2.80. The molecule has 1 heterocycles. The van der Waals surface area contributed by atoms with Crippen molar-refractivity contribution in [1.29, 1.82) is 0 Å². The molecule has 0 aliphatic heterocycles. The molecule has 5 nitrogen and oxygen atoms in total. The predicted molar refractivity (Wildman–Crippen MR) is 91.1 cm³/mol. The number of carbonyl (C=O) groups excluding carboxylic acids is 2. The third-order valence-electron chi connectivity index (χ3n) is 3.51. The fraction of sp³-hybridized carbons (Fsp3) is 0.353. The van der Waals surface area contributed by atoms with Gasteiger partial charge in [-0.1, -0.05) is 19.9 Å². The highest BCUT2D eigenvalue weighted by atomic mass is 32.1.